The molecule has 2 aromatic carbocycles. The lowest BCUT2D eigenvalue weighted by Gasteiger charge is -2.08. The van der Waals surface area contributed by atoms with Gasteiger partial charge in [-0.2, -0.15) is 5.10 Å². The van der Waals surface area contributed by atoms with Crippen molar-refractivity contribution in [2.45, 2.75) is 6.54 Å². The maximum absolute atomic E-state index is 12.6. The lowest BCUT2D eigenvalue weighted by molar-refractivity contribution is 0.101. The molecule has 0 aliphatic rings. The predicted octanol–water partition coefficient (Wildman–Crippen LogP) is 4.51. The molecule has 0 fully saturated rings. The Balaban J connectivity index is 1.59. The van der Waals surface area contributed by atoms with Gasteiger partial charge in [0.2, 0.25) is 0 Å². The van der Waals surface area contributed by atoms with E-state index in [4.69, 9.17) is 9.26 Å². The van der Waals surface area contributed by atoms with Gasteiger partial charge in [0.15, 0.2) is 11.5 Å². The van der Waals surface area contributed by atoms with Crippen LogP contribution in [0.4, 0.5) is 5.82 Å². The Bertz CT molecular complexity index is 1320. The summed E-state index contributed by atoms with van der Waals surface area (Å²) in [5, 5.41) is 11.9. The highest BCUT2D eigenvalue weighted by Crippen LogP contribution is 2.35. The first kappa shape index (κ1) is 18.6. The Morgan fingerprint density at radius 3 is 2.71 bits per heavy atom. The normalized spacial score (nSPS) is 10.8. The monoisotopic (exact) mass is 411 g/mol. The van der Waals surface area contributed by atoms with Gasteiger partial charge in [-0.1, -0.05) is 41.6 Å². The third-order valence-corrected chi connectivity index (χ3v) is 4.68. The summed E-state index contributed by atoms with van der Waals surface area (Å²) in [4.78, 5) is 16.7. The predicted molar refractivity (Wildman–Crippen MR) is 114 cm³/mol. The zero-order valence-corrected chi connectivity index (χ0v) is 16.3. The molecule has 1 N–H and O–H groups in total. The summed E-state index contributed by atoms with van der Waals surface area (Å²) in [5.74, 6) is 1.09. The first-order valence-corrected chi connectivity index (χ1v) is 9.61. The molecule has 5 rings (SSSR count). The lowest BCUT2D eigenvalue weighted by atomic mass is 10.2. The van der Waals surface area contributed by atoms with Crippen LogP contribution in [0.5, 0.6) is 11.5 Å². The number of amides is 1. The van der Waals surface area contributed by atoms with Crippen molar-refractivity contribution < 1.29 is 14.1 Å². The molecule has 8 heteroatoms. The van der Waals surface area contributed by atoms with Gasteiger partial charge >= 0.3 is 0 Å². The molecule has 0 unspecified atom stereocenters. The van der Waals surface area contributed by atoms with Gasteiger partial charge in [0.05, 0.1) is 23.6 Å². The summed E-state index contributed by atoms with van der Waals surface area (Å²) >= 11 is 0. The zero-order chi connectivity index (χ0) is 21.0. The van der Waals surface area contributed by atoms with Crippen molar-refractivity contribution in [1.82, 2.24) is 19.9 Å². The van der Waals surface area contributed by atoms with E-state index in [2.05, 4.69) is 20.6 Å². The fourth-order valence-electron chi connectivity index (χ4n) is 3.28. The fourth-order valence-corrected chi connectivity index (χ4v) is 3.28. The number of aromatic nitrogens is 4. The molecule has 5 aromatic rings. The van der Waals surface area contributed by atoms with E-state index in [1.807, 2.05) is 59.3 Å². The number of carbonyl (C=O) groups excluding carboxylic acids is 1. The second-order valence-electron chi connectivity index (χ2n) is 6.77. The van der Waals surface area contributed by atoms with E-state index in [0.717, 1.165) is 11.1 Å². The van der Waals surface area contributed by atoms with E-state index in [0.29, 0.717) is 29.2 Å². The van der Waals surface area contributed by atoms with Crippen LogP contribution in [0.3, 0.4) is 0 Å². The number of pyridine rings is 1. The van der Waals surface area contributed by atoms with Gasteiger partial charge in [0.25, 0.3) is 5.91 Å². The van der Waals surface area contributed by atoms with Crippen molar-refractivity contribution in [3.05, 3.63) is 96.6 Å². The maximum Gasteiger partial charge on any atom is 0.279 e. The minimum atomic E-state index is -0.420. The summed E-state index contributed by atoms with van der Waals surface area (Å²) < 4.78 is 12.7. The fraction of sp³-hybridized carbons (Fsp3) is 0.0435. The first-order chi connectivity index (χ1) is 15.3. The standard InChI is InChI=1S/C23H17N5O3/c29-23(18-11-13-30-27-18)25-22-21-19(28(26-22)15-16-6-2-1-3-7-16)9-4-10-20(21)31-17-8-5-12-24-14-17/h1-14H,15H2,(H,25,26,29). The van der Waals surface area contributed by atoms with Gasteiger partial charge in [-0.3, -0.25) is 14.5 Å². The Labute approximate surface area is 177 Å². The molecule has 3 heterocycles. The molecule has 152 valence electrons. The van der Waals surface area contributed by atoms with Gasteiger partial charge in [0, 0.05) is 12.3 Å². The van der Waals surface area contributed by atoms with Crippen molar-refractivity contribution in [3.63, 3.8) is 0 Å². The van der Waals surface area contributed by atoms with Gasteiger partial charge in [-0.05, 0) is 29.8 Å². The summed E-state index contributed by atoms with van der Waals surface area (Å²) in [5.41, 5.74) is 2.07. The van der Waals surface area contributed by atoms with E-state index in [-0.39, 0.29) is 5.69 Å². The largest absolute Gasteiger partial charge is 0.455 e. The van der Waals surface area contributed by atoms with Crippen LogP contribution in [0.25, 0.3) is 10.9 Å². The third-order valence-electron chi connectivity index (χ3n) is 4.68. The van der Waals surface area contributed by atoms with E-state index < -0.39 is 5.91 Å². The molecule has 3 aromatic heterocycles. The molecule has 0 aliphatic heterocycles. The molecule has 8 nitrogen and oxygen atoms in total. The molecular formula is C23H17N5O3. The summed E-state index contributed by atoms with van der Waals surface area (Å²) in [7, 11) is 0. The maximum atomic E-state index is 12.6. The van der Waals surface area contributed by atoms with Gasteiger partial charge in [0.1, 0.15) is 17.8 Å². The summed E-state index contributed by atoms with van der Waals surface area (Å²) in [6, 6.07) is 20.7. The highest BCUT2D eigenvalue weighted by atomic mass is 16.5. The number of fused-ring (bicyclic) bond motifs is 1. The SMILES string of the molecule is O=C(Nc1nn(Cc2ccccc2)c2cccc(Oc3cccnc3)c12)c1ccon1. The molecule has 1 amide bonds. The number of ether oxygens (including phenoxy) is 1. The van der Waals surface area contributed by atoms with Crippen molar-refractivity contribution in [1.29, 1.82) is 0 Å². The lowest BCUT2D eigenvalue weighted by Crippen LogP contribution is -2.13. The second kappa shape index (κ2) is 8.11. The number of benzene rings is 2. The van der Waals surface area contributed by atoms with Crippen LogP contribution in [0.2, 0.25) is 0 Å². The third kappa shape index (κ3) is 3.86. The second-order valence-corrected chi connectivity index (χ2v) is 6.77. The van der Waals surface area contributed by atoms with E-state index in [1.165, 1.54) is 12.3 Å². The van der Waals surface area contributed by atoms with E-state index in [1.54, 1.807) is 18.5 Å². The Hall–Kier alpha value is -4.46. The number of carbonyl (C=O) groups is 1. The number of anilines is 1. The minimum absolute atomic E-state index is 0.163. The van der Waals surface area contributed by atoms with Crippen LogP contribution in [0.15, 0.2) is 89.9 Å². The highest BCUT2D eigenvalue weighted by molar-refractivity contribution is 6.08. The van der Waals surface area contributed by atoms with Crippen LogP contribution in [-0.4, -0.2) is 25.8 Å². The van der Waals surface area contributed by atoms with Crippen molar-refractivity contribution in [3.8, 4) is 11.5 Å². The average molecular weight is 411 g/mol. The summed E-state index contributed by atoms with van der Waals surface area (Å²) in [6.45, 7) is 0.535. The molecule has 0 saturated heterocycles. The van der Waals surface area contributed by atoms with E-state index in [9.17, 15) is 4.79 Å². The van der Waals surface area contributed by atoms with Crippen molar-refractivity contribution >= 4 is 22.6 Å². The zero-order valence-electron chi connectivity index (χ0n) is 16.3. The quantitative estimate of drug-likeness (QED) is 0.442. The number of hydrogen-bond donors (Lipinski definition) is 1. The number of nitrogens with zero attached hydrogens (tertiary/aromatic N) is 4. The Kier molecular flexibility index (Phi) is 4.86. The minimum Gasteiger partial charge on any atom is -0.455 e. The topological polar surface area (TPSA) is 95.1 Å². The number of hydrogen-bond acceptors (Lipinski definition) is 6. The molecule has 31 heavy (non-hydrogen) atoms. The first-order valence-electron chi connectivity index (χ1n) is 9.61. The molecule has 0 bridgehead atoms. The van der Waals surface area contributed by atoms with Gasteiger partial charge in [-0.15, -0.1) is 0 Å². The van der Waals surface area contributed by atoms with Crippen LogP contribution in [0.1, 0.15) is 16.1 Å². The van der Waals surface area contributed by atoms with Crippen molar-refractivity contribution in [2.75, 3.05) is 5.32 Å². The highest BCUT2D eigenvalue weighted by Gasteiger charge is 2.19. The molecule has 0 saturated carbocycles. The average Bonchev–Trinajstić information content (AvgIpc) is 3.45. The van der Waals surface area contributed by atoms with Crippen LogP contribution < -0.4 is 10.1 Å². The smallest absolute Gasteiger partial charge is 0.279 e. The molecule has 0 spiro atoms. The van der Waals surface area contributed by atoms with Crippen LogP contribution >= 0.6 is 0 Å². The van der Waals surface area contributed by atoms with Gasteiger partial charge < -0.3 is 14.6 Å². The molecule has 0 radical (unpaired) electrons. The van der Waals surface area contributed by atoms with Crippen LogP contribution in [0, 0.1) is 0 Å². The van der Waals surface area contributed by atoms with Gasteiger partial charge in [-0.25, -0.2) is 0 Å². The number of rotatable bonds is 6. The van der Waals surface area contributed by atoms with E-state index >= 15 is 0 Å². The molecular weight excluding hydrogens is 394 g/mol. The molecule has 0 aliphatic carbocycles. The molecule has 0 atom stereocenters. The number of nitrogens with one attached hydrogen (secondary N) is 1. The van der Waals surface area contributed by atoms with Crippen molar-refractivity contribution in [2.24, 2.45) is 0 Å². The Morgan fingerprint density at radius 1 is 1.03 bits per heavy atom. The Morgan fingerprint density at radius 2 is 1.94 bits per heavy atom. The summed E-state index contributed by atoms with van der Waals surface area (Å²) in [6.07, 6.45) is 4.65. The van der Waals surface area contributed by atoms with Crippen LogP contribution in [-0.2, 0) is 6.54 Å².